The zero-order chi connectivity index (χ0) is 19.4. The first kappa shape index (κ1) is 19.2. The SMILES string of the molecule is COc1ccc(NC(=O)[C@H]2CCCN2C(=O)[C@@H]2CCCN(C(C)=O)C2)cc1. The van der Waals surface area contributed by atoms with E-state index in [1.54, 1.807) is 41.2 Å². The molecular formula is C20H27N3O4. The number of nitrogens with zero attached hydrogens (tertiary/aromatic N) is 2. The Hall–Kier alpha value is -2.57. The first-order chi connectivity index (χ1) is 13.0. The molecule has 0 aliphatic carbocycles. The van der Waals surface area contributed by atoms with Gasteiger partial charge in [0.2, 0.25) is 17.7 Å². The average molecular weight is 373 g/mol. The van der Waals surface area contributed by atoms with Gasteiger partial charge in [-0.3, -0.25) is 14.4 Å². The summed E-state index contributed by atoms with van der Waals surface area (Å²) < 4.78 is 5.12. The Balaban J connectivity index is 1.64. The van der Waals surface area contributed by atoms with E-state index in [0.29, 0.717) is 31.7 Å². The zero-order valence-corrected chi connectivity index (χ0v) is 15.9. The number of carbonyl (C=O) groups is 3. The predicted octanol–water partition coefficient (Wildman–Crippen LogP) is 1.88. The molecular weight excluding hydrogens is 346 g/mol. The number of carbonyl (C=O) groups excluding carboxylic acids is 3. The van der Waals surface area contributed by atoms with Crippen molar-refractivity contribution < 1.29 is 19.1 Å². The van der Waals surface area contributed by atoms with Crippen LogP contribution in [0.15, 0.2) is 24.3 Å². The molecule has 2 aliphatic heterocycles. The Bertz CT molecular complexity index is 704. The number of hydrogen-bond acceptors (Lipinski definition) is 4. The van der Waals surface area contributed by atoms with E-state index in [1.807, 2.05) is 0 Å². The third kappa shape index (κ3) is 4.40. The molecule has 0 bridgehead atoms. The number of ether oxygens (including phenoxy) is 1. The molecule has 0 unspecified atom stereocenters. The maximum atomic E-state index is 13.0. The summed E-state index contributed by atoms with van der Waals surface area (Å²) in [6, 6.07) is 6.68. The van der Waals surface area contributed by atoms with Crippen molar-refractivity contribution in [2.75, 3.05) is 32.1 Å². The highest BCUT2D eigenvalue weighted by molar-refractivity contribution is 5.98. The molecule has 2 fully saturated rings. The summed E-state index contributed by atoms with van der Waals surface area (Å²) in [7, 11) is 1.59. The van der Waals surface area contributed by atoms with Crippen molar-refractivity contribution in [3.8, 4) is 5.75 Å². The Morgan fingerprint density at radius 2 is 1.78 bits per heavy atom. The Labute approximate surface area is 159 Å². The molecule has 1 N–H and O–H groups in total. The lowest BCUT2D eigenvalue weighted by Gasteiger charge is -2.34. The number of piperidine rings is 1. The number of benzene rings is 1. The van der Waals surface area contributed by atoms with Gasteiger partial charge in [-0.1, -0.05) is 0 Å². The second-order valence-corrected chi connectivity index (χ2v) is 7.21. The molecule has 146 valence electrons. The molecule has 27 heavy (non-hydrogen) atoms. The van der Waals surface area contributed by atoms with Crippen molar-refractivity contribution in [3.63, 3.8) is 0 Å². The lowest BCUT2D eigenvalue weighted by atomic mass is 9.96. The number of anilines is 1. The lowest BCUT2D eigenvalue weighted by molar-refractivity contribution is -0.143. The van der Waals surface area contributed by atoms with Crippen molar-refractivity contribution >= 4 is 23.4 Å². The van der Waals surface area contributed by atoms with Crippen LogP contribution in [0.2, 0.25) is 0 Å². The van der Waals surface area contributed by atoms with E-state index < -0.39 is 6.04 Å². The van der Waals surface area contributed by atoms with Crippen LogP contribution in [0.3, 0.4) is 0 Å². The van der Waals surface area contributed by atoms with E-state index in [-0.39, 0.29) is 23.6 Å². The first-order valence-electron chi connectivity index (χ1n) is 9.50. The fourth-order valence-corrected chi connectivity index (χ4v) is 3.90. The molecule has 1 aromatic rings. The van der Waals surface area contributed by atoms with Gasteiger partial charge in [-0.2, -0.15) is 0 Å². The van der Waals surface area contributed by atoms with E-state index in [9.17, 15) is 14.4 Å². The number of rotatable bonds is 4. The van der Waals surface area contributed by atoms with Crippen molar-refractivity contribution in [2.45, 2.75) is 38.6 Å². The highest BCUT2D eigenvalue weighted by Gasteiger charge is 2.38. The van der Waals surface area contributed by atoms with Gasteiger partial charge in [-0.25, -0.2) is 0 Å². The van der Waals surface area contributed by atoms with Crippen LogP contribution in [-0.2, 0) is 14.4 Å². The van der Waals surface area contributed by atoms with Crippen LogP contribution in [0.1, 0.15) is 32.6 Å². The van der Waals surface area contributed by atoms with Gasteiger partial charge < -0.3 is 19.9 Å². The van der Waals surface area contributed by atoms with Crippen LogP contribution >= 0.6 is 0 Å². The van der Waals surface area contributed by atoms with Gasteiger partial charge >= 0.3 is 0 Å². The second-order valence-electron chi connectivity index (χ2n) is 7.21. The Morgan fingerprint density at radius 3 is 2.44 bits per heavy atom. The molecule has 3 amide bonds. The number of likely N-dealkylation sites (tertiary alicyclic amines) is 2. The van der Waals surface area contributed by atoms with E-state index in [0.717, 1.165) is 25.0 Å². The summed E-state index contributed by atoms with van der Waals surface area (Å²) in [5.41, 5.74) is 0.681. The smallest absolute Gasteiger partial charge is 0.247 e. The molecule has 0 aromatic heterocycles. The van der Waals surface area contributed by atoms with Crippen LogP contribution in [0.5, 0.6) is 5.75 Å². The molecule has 0 saturated carbocycles. The first-order valence-corrected chi connectivity index (χ1v) is 9.50. The zero-order valence-electron chi connectivity index (χ0n) is 15.9. The van der Waals surface area contributed by atoms with Crippen LogP contribution < -0.4 is 10.1 Å². The molecule has 2 heterocycles. The van der Waals surface area contributed by atoms with E-state index in [1.165, 1.54) is 6.92 Å². The van der Waals surface area contributed by atoms with E-state index >= 15 is 0 Å². The summed E-state index contributed by atoms with van der Waals surface area (Å²) in [5, 5.41) is 2.90. The third-order valence-electron chi connectivity index (χ3n) is 5.41. The molecule has 0 spiro atoms. The summed E-state index contributed by atoms with van der Waals surface area (Å²) in [6.07, 6.45) is 3.07. The largest absolute Gasteiger partial charge is 0.497 e. The van der Waals surface area contributed by atoms with Crippen LogP contribution in [0.4, 0.5) is 5.69 Å². The molecule has 2 atom stereocenters. The molecule has 3 rings (SSSR count). The lowest BCUT2D eigenvalue weighted by Crippen LogP contribution is -2.50. The highest BCUT2D eigenvalue weighted by atomic mass is 16.5. The van der Waals surface area contributed by atoms with Gasteiger partial charge in [0.1, 0.15) is 11.8 Å². The minimum Gasteiger partial charge on any atom is -0.497 e. The third-order valence-corrected chi connectivity index (χ3v) is 5.41. The summed E-state index contributed by atoms with van der Waals surface area (Å²) in [4.78, 5) is 40.8. The van der Waals surface area contributed by atoms with E-state index in [4.69, 9.17) is 4.74 Å². The van der Waals surface area contributed by atoms with Crippen molar-refractivity contribution in [3.05, 3.63) is 24.3 Å². The normalized spacial score (nSPS) is 22.4. The quantitative estimate of drug-likeness (QED) is 0.874. The molecule has 7 heteroatoms. The van der Waals surface area contributed by atoms with Gasteiger partial charge in [0.05, 0.1) is 13.0 Å². The van der Waals surface area contributed by atoms with Crippen LogP contribution in [0, 0.1) is 5.92 Å². The maximum Gasteiger partial charge on any atom is 0.247 e. The topological polar surface area (TPSA) is 79.0 Å². The number of nitrogens with one attached hydrogen (secondary N) is 1. The summed E-state index contributed by atoms with van der Waals surface area (Å²) in [5.74, 6) is 0.344. The monoisotopic (exact) mass is 373 g/mol. The van der Waals surface area contributed by atoms with Gasteiger partial charge in [0.15, 0.2) is 0 Å². The molecule has 2 saturated heterocycles. The highest BCUT2D eigenvalue weighted by Crippen LogP contribution is 2.26. The standard InChI is InChI=1S/C20H27N3O4/c1-14(24)22-11-3-5-15(13-22)20(26)23-12-4-6-18(23)19(25)21-16-7-9-17(27-2)10-8-16/h7-10,15,18H,3-6,11-13H2,1-2H3,(H,21,25)/t15-,18-/m1/s1. The van der Waals surface area contributed by atoms with Crippen molar-refractivity contribution in [2.24, 2.45) is 5.92 Å². The van der Waals surface area contributed by atoms with Crippen LogP contribution in [-0.4, -0.2) is 60.3 Å². The van der Waals surface area contributed by atoms with Crippen molar-refractivity contribution in [1.29, 1.82) is 0 Å². The molecule has 0 radical (unpaired) electrons. The van der Waals surface area contributed by atoms with Gasteiger partial charge in [-0.05, 0) is 49.9 Å². The van der Waals surface area contributed by atoms with E-state index in [2.05, 4.69) is 5.32 Å². The maximum absolute atomic E-state index is 13.0. The molecule has 1 aromatic carbocycles. The van der Waals surface area contributed by atoms with Crippen molar-refractivity contribution in [1.82, 2.24) is 9.80 Å². The molecule has 2 aliphatic rings. The second kappa shape index (κ2) is 8.41. The Kier molecular flexibility index (Phi) is 5.98. The summed E-state index contributed by atoms with van der Waals surface area (Å²) in [6.45, 7) is 3.29. The number of hydrogen-bond donors (Lipinski definition) is 1. The number of amides is 3. The minimum atomic E-state index is -0.452. The Morgan fingerprint density at radius 1 is 1.07 bits per heavy atom. The summed E-state index contributed by atoms with van der Waals surface area (Å²) >= 11 is 0. The number of methoxy groups -OCH3 is 1. The fourth-order valence-electron chi connectivity index (χ4n) is 3.90. The van der Waals surface area contributed by atoms with Gasteiger partial charge in [0.25, 0.3) is 0 Å². The van der Waals surface area contributed by atoms with Gasteiger partial charge in [-0.15, -0.1) is 0 Å². The van der Waals surface area contributed by atoms with Crippen LogP contribution in [0.25, 0.3) is 0 Å². The fraction of sp³-hybridized carbons (Fsp3) is 0.550. The molecule has 7 nitrogen and oxygen atoms in total. The predicted molar refractivity (Wildman–Crippen MR) is 101 cm³/mol. The van der Waals surface area contributed by atoms with Gasteiger partial charge in [0, 0.05) is 32.2 Å². The minimum absolute atomic E-state index is 0.00252. The average Bonchev–Trinajstić information content (AvgIpc) is 3.18.